The summed E-state index contributed by atoms with van der Waals surface area (Å²) in [6.07, 6.45) is -0.879. The van der Waals surface area contributed by atoms with Gasteiger partial charge in [0.2, 0.25) is 0 Å². The van der Waals surface area contributed by atoms with E-state index in [1.54, 1.807) is 24.4 Å². The molecule has 17 heavy (non-hydrogen) atoms. The van der Waals surface area contributed by atoms with Gasteiger partial charge in [-0.25, -0.2) is 4.79 Å². The van der Waals surface area contributed by atoms with Crippen LogP contribution in [0.5, 0.6) is 0 Å². The molecular weight excluding hydrogens is 224 g/mol. The average Bonchev–Trinajstić information content (AvgIpc) is 2.39. The first kappa shape index (κ1) is 11.8. The number of aliphatic hydroxyl groups is 1. The molecule has 92 valence electrons. The number of rotatable bonds is 2. The van der Waals surface area contributed by atoms with E-state index < -0.39 is 18.3 Å². The highest BCUT2D eigenvalue weighted by molar-refractivity contribution is 5.65. The maximum absolute atomic E-state index is 10.8. The third kappa shape index (κ3) is 2.72. The van der Waals surface area contributed by atoms with E-state index in [-0.39, 0.29) is 6.54 Å². The van der Waals surface area contributed by atoms with Crippen LogP contribution in [0, 0.1) is 0 Å². The third-order valence-electron chi connectivity index (χ3n) is 2.71. The SMILES string of the molecule is O=C(O)N1CCO[C@H]([C@H](O)c2ccccn2)C1. The Balaban J connectivity index is 2.05. The molecule has 2 N–H and O–H groups in total. The molecule has 1 aromatic rings. The van der Waals surface area contributed by atoms with E-state index in [1.807, 2.05) is 0 Å². The lowest BCUT2D eigenvalue weighted by atomic mass is 10.1. The molecule has 0 unspecified atom stereocenters. The zero-order valence-corrected chi connectivity index (χ0v) is 9.19. The zero-order valence-electron chi connectivity index (χ0n) is 9.19. The highest BCUT2D eigenvalue weighted by Gasteiger charge is 2.30. The number of aromatic nitrogens is 1. The van der Waals surface area contributed by atoms with Crippen LogP contribution in [-0.4, -0.2) is 52.0 Å². The summed E-state index contributed by atoms with van der Waals surface area (Å²) in [5, 5.41) is 18.9. The van der Waals surface area contributed by atoms with Crippen molar-refractivity contribution in [3.63, 3.8) is 0 Å². The minimum absolute atomic E-state index is 0.160. The van der Waals surface area contributed by atoms with Crippen LogP contribution in [0.1, 0.15) is 11.8 Å². The van der Waals surface area contributed by atoms with Gasteiger partial charge in [0.15, 0.2) is 0 Å². The minimum Gasteiger partial charge on any atom is -0.465 e. The molecule has 1 aliphatic rings. The predicted octanol–water partition coefficient (Wildman–Crippen LogP) is 0.494. The predicted molar refractivity (Wildman–Crippen MR) is 58.5 cm³/mol. The van der Waals surface area contributed by atoms with E-state index in [1.165, 1.54) is 4.90 Å². The van der Waals surface area contributed by atoms with Gasteiger partial charge >= 0.3 is 6.09 Å². The lowest BCUT2D eigenvalue weighted by molar-refractivity contribution is -0.0848. The smallest absolute Gasteiger partial charge is 0.407 e. The Kier molecular flexibility index (Phi) is 3.55. The summed E-state index contributed by atoms with van der Waals surface area (Å²) in [4.78, 5) is 16.1. The van der Waals surface area contributed by atoms with Gasteiger partial charge in [-0.15, -0.1) is 0 Å². The number of morpholine rings is 1. The Morgan fingerprint density at radius 1 is 1.59 bits per heavy atom. The van der Waals surface area contributed by atoms with Gasteiger partial charge in [0.1, 0.15) is 12.2 Å². The summed E-state index contributed by atoms with van der Waals surface area (Å²) < 4.78 is 5.38. The fraction of sp³-hybridized carbons (Fsp3) is 0.455. The third-order valence-corrected chi connectivity index (χ3v) is 2.71. The first-order valence-electron chi connectivity index (χ1n) is 5.37. The van der Waals surface area contributed by atoms with Gasteiger partial charge in [-0.2, -0.15) is 0 Å². The molecule has 0 bridgehead atoms. The van der Waals surface area contributed by atoms with Crippen LogP contribution >= 0.6 is 0 Å². The largest absolute Gasteiger partial charge is 0.465 e. The molecule has 1 aromatic heterocycles. The lowest BCUT2D eigenvalue weighted by Crippen LogP contribution is -2.47. The number of hydrogen-bond donors (Lipinski definition) is 2. The van der Waals surface area contributed by atoms with E-state index >= 15 is 0 Å². The summed E-state index contributed by atoms with van der Waals surface area (Å²) >= 11 is 0. The lowest BCUT2D eigenvalue weighted by Gasteiger charge is -2.33. The van der Waals surface area contributed by atoms with Crippen molar-refractivity contribution in [1.29, 1.82) is 0 Å². The minimum atomic E-state index is -0.994. The molecule has 0 radical (unpaired) electrons. The Bertz CT molecular complexity index is 384. The summed E-state index contributed by atoms with van der Waals surface area (Å²) in [5.41, 5.74) is 0.490. The second kappa shape index (κ2) is 5.11. The molecule has 1 amide bonds. The molecule has 6 heteroatoms. The highest BCUT2D eigenvalue weighted by Crippen LogP contribution is 2.20. The van der Waals surface area contributed by atoms with Gasteiger partial charge in [0, 0.05) is 12.7 Å². The molecule has 2 rings (SSSR count). The van der Waals surface area contributed by atoms with Crippen LogP contribution < -0.4 is 0 Å². The molecule has 1 fully saturated rings. The maximum atomic E-state index is 10.8. The van der Waals surface area contributed by atoms with Crippen molar-refractivity contribution in [1.82, 2.24) is 9.88 Å². The monoisotopic (exact) mass is 238 g/mol. The maximum Gasteiger partial charge on any atom is 0.407 e. The van der Waals surface area contributed by atoms with E-state index in [9.17, 15) is 9.90 Å². The van der Waals surface area contributed by atoms with Gasteiger partial charge in [-0.05, 0) is 12.1 Å². The van der Waals surface area contributed by atoms with Crippen LogP contribution in [0.4, 0.5) is 4.79 Å². The summed E-state index contributed by atoms with van der Waals surface area (Å²) in [7, 11) is 0. The van der Waals surface area contributed by atoms with Crippen molar-refractivity contribution in [2.75, 3.05) is 19.7 Å². The van der Waals surface area contributed by atoms with E-state index in [0.29, 0.717) is 18.8 Å². The molecule has 2 heterocycles. The first-order valence-corrected chi connectivity index (χ1v) is 5.37. The molecule has 0 aromatic carbocycles. The van der Waals surface area contributed by atoms with Crippen molar-refractivity contribution in [2.24, 2.45) is 0 Å². The van der Waals surface area contributed by atoms with E-state index in [4.69, 9.17) is 9.84 Å². The Hall–Kier alpha value is -1.66. The molecule has 6 nitrogen and oxygen atoms in total. The zero-order chi connectivity index (χ0) is 12.3. The van der Waals surface area contributed by atoms with Crippen molar-refractivity contribution < 1.29 is 19.7 Å². The number of aliphatic hydroxyl groups excluding tert-OH is 1. The van der Waals surface area contributed by atoms with E-state index in [0.717, 1.165) is 0 Å². The van der Waals surface area contributed by atoms with Crippen molar-refractivity contribution in [3.05, 3.63) is 30.1 Å². The number of nitrogens with zero attached hydrogens (tertiary/aromatic N) is 2. The van der Waals surface area contributed by atoms with Crippen molar-refractivity contribution in [3.8, 4) is 0 Å². The van der Waals surface area contributed by atoms with Crippen LogP contribution in [-0.2, 0) is 4.74 Å². The van der Waals surface area contributed by atoms with Crippen LogP contribution in [0.15, 0.2) is 24.4 Å². The summed E-state index contributed by atoms with van der Waals surface area (Å²) in [6.45, 7) is 0.786. The Morgan fingerprint density at radius 2 is 2.41 bits per heavy atom. The van der Waals surface area contributed by atoms with Gasteiger partial charge in [-0.3, -0.25) is 4.98 Å². The number of carboxylic acid groups (broad SMARTS) is 1. The Labute approximate surface area is 98.5 Å². The van der Waals surface area contributed by atoms with Gasteiger partial charge in [-0.1, -0.05) is 6.07 Å². The molecule has 1 saturated heterocycles. The number of ether oxygens (including phenoxy) is 1. The highest BCUT2D eigenvalue weighted by atomic mass is 16.5. The number of carbonyl (C=O) groups is 1. The molecule has 2 atom stereocenters. The fourth-order valence-corrected chi connectivity index (χ4v) is 1.78. The summed E-state index contributed by atoms with van der Waals surface area (Å²) in [5.74, 6) is 0. The van der Waals surface area contributed by atoms with Crippen LogP contribution in [0.25, 0.3) is 0 Å². The van der Waals surface area contributed by atoms with Gasteiger partial charge in [0.25, 0.3) is 0 Å². The molecule has 0 saturated carbocycles. The molecular formula is C11H14N2O4. The van der Waals surface area contributed by atoms with Crippen molar-refractivity contribution in [2.45, 2.75) is 12.2 Å². The average molecular weight is 238 g/mol. The van der Waals surface area contributed by atoms with E-state index in [2.05, 4.69) is 4.98 Å². The number of pyridine rings is 1. The van der Waals surface area contributed by atoms with Gasteiger partial charge in [0.05, 0.1) is 18.8 Å². The first-order chi connectivity index (χ1) is 8.18. The molecule has 0 aliphatic carbocycles. The van der Waals surface area contributed by atoms with Crippen LogP contribution in [0.3, 0.4) is 0 Å². The molecule has 1 aliphatic heterocycles. The fourth-order valence-electron chi connectivity index (χ4n) is 1.78. The second-order valence-corrected chi connectivity index (χ2v) is 3.84. The van der Waals surface area contributed by atoms with Crippen molar-refractivity contribution >= 4 is 6.09 Å². The quantitative estimate of drug-likeness (QED) is 0.783. The Morgan fingerprint density at radius 3 is 3.06 bits per heavy atom. The second-order valence-electron chi connectivity index (χ2n) is 3.84. The normalized spacial score (nSPS) is 22.2. The standard InChI is InChI=1S/C11H14N2O4/c14-10(8-3-1-2-4-12-8)9-7-13(11(15)16)5-6-17-9/h1-4,9-10,14H,5-7H2,(H,15,16)/t9-,10+/m0/s1. The summed E-state index contributed by atoms with van der Waals surface area (Å²) in [6, 6.07) is 5.21. The number of hydrogen-bond acceptors (Lipinski definition) is 4. The van der Waals surface area contributed by atoms with Crippen LogP contribution in [0.2, 0.25) is 0 Å². The topological polar surface area (TPSA) is 82.9 Å². The molecule has 0 spiro atoms. The van der Waals surface area contributed by atoms with Gasteiger partial charge < -0.3 is 19.8 Å². The number of amides is 1.